The van der Waals surface area contributed by atoms with Crippen molar-refractivity contribution in [3.8, 4) is 0 Å². The summed E-state index contributed by atoms with van der Waals surface area (Å²) in [5.41, 5.74) is 2.15. The maximum atomic E-state index is 13.0. The minimum absolute atomic E-state index is 0.0968. The largest absolute Gasteiger partial charge is 0.396 e. The maximum Gasteiger partial charge on any atom is 0.254 e. The monoisotopic (exact) mass is 317 g/mol. The van der Waals surface area contributed by atoms with Crippen molar-refractivity contribution in [1.29, 1.82) is 0 Å². The summed E-state index contributed by atoms with van der Waals surface area (Å²) in [5, 5.41) is 9.06. The quantitative estimate of drug-likeness (QED) is 0.766. The van der Waals surface area contributed by atoms with Crippen molar-refractivity contribution >= 4 is 5.91 Å². The van der Waals surface area contributed by atoms with Gasteiger partial charge in [0, 0.05) is 31.4 Å². The average Bonchev–Trinajstić information content (AvgIpc) is 3.42. The van der Waals surface area contributed by atoms with Crippen LogP contribution in [0.1, 0.15) is 44.9 Å². The molecular weight excluding hydrogens is 290 g/mol. The number of carbonyl (C=O) groups is 1. The van der Waals surface area contributed by atoms with Crippen molar-refractivity contribution in [2.45, 2.75) is 63.1 Å². The number of methoxy groups -OCH3 is 1. The molecule has 0 radical (unpaired) electrons. The van der Waals surface area contributed by atoms with E-state index in [2.05, 4.69) is 11.0 Å². The number of rotatable bonds is 6. The fraction of sp³-hybridized carbons (Fsp3) is 0.632. The van der Waals surface area contributed by atoms with Gasteiger partial charge >= 0.3 is 0 Å². The number of hydrogen-bond donors (Lipinski definition) is 1. The van der Waals surface area contributed by atoms with Gasteiger partial charge in [0.05, 0.1) is 6.10 Å². The van der Waals surface area contributed by atoms with E-state index in [9.17, 15) is 4.79 Å². The molecule has 0 heterocycles. The second-order valence-electron chi connectivity index (χ2n) is 6.74. The number of aliphatic hydroxyl groups is 1. The molecule has 3 aliphatic rings. The lowest BCUT2D eigenvalue weighted by molar-refractivity contribution is -0.130. The Kier molecular flexibility index (Phi) is 5.34. The molecule has 4 heteroatoms. The van der Waals surface area contributed by atoms with Gasteiger partial charge in [-0.25, -0.2) is 0 Å². The van der Waals surface area contributed by atoms with Crippen LogP contribution in [-0.4, -0.2) is 47.8 Å². The van der Waals surface area contributed by atoms with Crippen molar-refractivity contribution in [2.24, 2.45) is 0 Å². The highest BCUT2D eigenvalue weighted by atomic mass is 16.5. The zero-order valence-corrected chi connectivity index (χ0v) is 13.9. The van der Waals surface area contributed by atoms with E-state index >= 15 is 0 Å². The molecule has 0 bridgehead atoms. The summed E-state index contributed by atoms with van der Waals surface area (Å²) in [6.45, 7) is 0.222. The molecule has 0 aliphatic heterocycles. The Morgan fingerprint density at radius 2 is 2.09 bits per heavy atom. The van der Waals surface area contributed by atoms with Gasteiger partial charge in [-0.2, -0.15) is 0 Å². The topological polar surface area (TPSA) is 49.8 Å². The van der Waals surface area contributed by atoms with E-state index in [0.717, 1.165) is 50.5 Å². The van der Waals surface area contributed by atoms with Gasteiger partial charge in [-0.05, 0) is 44.9 Å². The van der Waals surface area contributed by atoms with Crippen LogP contribution in [-0.2, 0) is 9.53 Å². The van der Waals surface area contributed by atoms with Crippen molar-refractivity contribution < 1.29 is 14.6 Å². The van der Waals surface area contributed by atoms with Crippen LogP contribution in [0, 0.1) is 0 Å². The minimum atomic E-state index is 0.0968. The van der Waals surface area contributed by atoms with Crippen LogP contribution < -0.4 is 0 Å². The Morgan fingerprint density at radius 3 is 2.61 bits per heavy atom. The zero-order valence-electron chi connectivity index (χ0n) is 13.9. The highest BCUT2D eigenvalue weighted by Gasteiger charge is 2.38. The Morgan fingerprint density at radius 1 is 1.26 bits per heavy atom. The van der Waals surface area contributed by atoms with Gasteiger partial charge in [-0.3, -0.25) is 4.79 Å². The van der Waals surface area contributed by atoms with E-state index < -0.39 is 0 Å². The molecule has 4 nitrogen and oxygen atoms in total. The molecule has 0 saturated heterocycles. The zero-order chi connectivity index (χ0) is 16.2. The van der Waals surface area contributed by atoms with Crippen LogP contribution in [0.15, 0.2) is 35.5 Å². The lowest BCUT2D eigenvalue weighted by Gasteiger charge is -2.35. The SMILES string of the molecule is COC1C=CC(C(=O)N(C2CC2)[C@@H]2CC=C(CCO)CC2)=CC1. The predicted octanol–water partition coefficient (Wildman–Crippen LogP) is 2.74. The molecule has 23 heavy (non-hydrogen) atoms. The highest BCUT2D eigenvalue weighted by Crippen LogP contribution is 2.35. The van der Waals surface area contributed by atoms with E-state index in [4.69, 9.17) is 9.84 Å². The molecule has 1 amide bonds. The first-order valence-corrected chi connectivity index (χ1v) is 8.75. The molecular formula is C19H27NO3. The number of carbonyl (C=O) groups excluding carboxylic acids is 1. The van der Waals surface area contributed by atoms with E-state index in [1.165, 1.54) is 5.57 Å². The van der Waals surface area contributed by atoms with Crippen LogP contribution in [0.2, 0.25) is 0 Å². The first-order chi connectivity index (χ1) is 11.2. The third-order valence-corrected chi connectivity index (χ3v) is 5.09. The van der Waals surface area contributed by atoms with Crippen molar-refractivity contribution in [3.63, 3.8) is 0 Å². The first-order valence-electron chi connectivity index (χ1n) is 8.75. The van der Waals surface area contributed by atoms with Crippen LogP contribution in [0.3, 0.4) is 0 Å². The predicted molar refractivity (Wildman–Crippen MR) is 89.9 cm³/mol. The van der Waals surface area contributed by atoms with Gasteiger partial charge in [-0.15, -0.1) is 0 Å². The van der Waals surface area contributed by atoms with Crippen LogP contribution in [0.5, 0.6) is 0 Å². The molecule has 3 rings (SSSR count). The van der Waals surface area contributed by atoms with E-state index in [-0.39, 0.29) is 18.6 Å². The smallest absolute Gasteiger partial charge is 0.254 e. The first kappa shape index (κ1) is 16.5. The minimum Gasteiger partial charge on any atom is -0.396 e. The van der Waals surface area contributed by atoms with Crippen LogP contribution >= 0.6 is 0 Å². The summed E-state index contributed by atoms with van der Waals surface area (Å²) in [4.78, 5) is 15.1. The van der Waals surface area contributed by atoms with Gasteiger partial charge in [0.25, 0.3) is 5.91 Å². The van der Waals surface area contributed by atoms with Gasteiger partial charge in [-0.1, -0.05) is 29.9 Å². The Labute approximate surface area is 138 Å². The number of ether oxygens (including phenoxy) is 1. The lowest BCUT2D eigenvalue weighted by atomic mass is 9.91. The molecule has 1 fully saturated rings. The molecule has 0 aromatic heterocycles. The van der Waals surface area contributed by atoms with Crippen molar-refractivity contribution in [1.82, 2.24) is 4.90 Å². The number of amides is 1. The summed E-state index contributed by atoms with van der Waals surface area (Å²) in [7, 11) is 1.70. The van der Waals surface area contributed by atoms with E-state index in [1.54, 1.807) is 7.11 Å². The summed E-state index contributed by atoms with van der Waals surface area (Å²) >= 11 is 0. The number of aliphatic hydroxyl groups excluding tert-OH is 1. The van der Waals surface area contributed by atoms with Crippen LogP contribution in [0.4, 0.5) is 0 Å². The maximum absolute atomic E-state index is 13.0. The number of hydrogen-bond acceptors (Lipinski definition) is 3. The van der Waals surface area contributed by atoms with Gasteiger partial charge in [0.15, 0.2) is 0 Å². The molecule has 1 N–H and O–H groups in total. The fourth-order valence-corrected chi connectivity index (χ4v) is 3.56. The third kappa shape index (κ3) is 3.93. The summed E-state index contributed by atoms with van der Waals surface area (Å²) in [6, 6.07) is 0.738. The fourth-order valence-electron chi connectivity index (χ4n) is 3.56. The summed E-state index contributed by atoms with van der Waals surface area (Å²) in [5.74, 6) is 0.183. The molecule has 0 aromatic rings. The molecule has 126 valence electrons. The average molecular weight is 317 g/mol. The lowest BCUT2D eigenvalue weighted by Crippen LogP contribution is -2.43. The van der Waals surface area contributed by atoms with Crippen molar-refractivity contribution in [2.75, 3.05) is 13.7 Å². The highest BCUT2D eigenvalue weighted by molar-refractivity contribution is 5.97. The van der Waals surface area contributed by atoms with Crippen LogP contribution in [0.25, 0.3) is 0 Å². The molecule has 0 spiro atoms. The summed E-state index contributed by atoms with van der Waals surface area (Å²) in [6.07, 6.45) is 15.0. The molecule has 3 aliphatic carbocycles. The normalized spacial score (nSPS) is 27.4. The second-order valence-corrected chi connectivity index (χ2v) is 6.74. The summed E-state index contributed by atoms with van der Waals surface area (Å²) < 4.78 is 5.31. The van der Waals surface area contributed by atoms with Gasteiger partial charge in [0.2, 0.25) is 0 Å². The number of nitrogens with zero attached hydrogens (tertiary/aromatic N) is 1. The van der Waals surface area contributed by atoms with Gasteiger partial charge < -0.3 is 14.7 Å². The third-order valence-electron chi connectivity index (χ3n) is 5.09. The van der Waals surface area contributed by atoms with Crippen molar-refractivity contribution in [3.05, 3.63) is 35.5 Å². The molecule has 0 aromatic carbocycles. The molecule has 1 unspecified atom stereocenters. The van der Waals surface area contributed by atoms with E-state index in [1.807, 2.05) is 18.2 Å². The Hall–Kier alpha value is -1.39. The van der Waals surface area contributed by atoms with Gasteiger partial charge in [0.1, 0.15) is 0 Å². The Bertz CT molecular complexity index is 531. The standard InChI is InChI=1S/C19H27NO3/c1-23-18-10-4-15(5-11-18)19(22)20(17-8-9-17)16-6-2-14(3-7-16)12-13-21/h2,4-5,10,16-18,21H,3,6-9,11-13H2,1H3/t16-,18?/m1/s1. The van der Waals surface area contributed by atoms with E-state index in [0.29, 0.717) is 12.1 Å². The molecule has 1 saturated carbocycles. The Balaban J connectivity index is 1.67. The molecule has 2 atom stereocenters. The second kappa shape index (κ2) is 7.45.